The van der Waals surface area contributed by atoms with Crippen molar-refractivity contribution >= 4 is 21.4 Å². The first kappa shape index (κ1) is 17.4. The summed E-state index contributed by atoms with van der Waals surface area (Å²) in [6.07, 6.45) is 5.28. The number of nitrogens with zero attached hydrogens (tertiary/aromatic N) is 4. The fourth-order valence-corrected chi connectivity index (χ4v) is 4.25. The van der Waals surface area contributed by atoms with Crippen molar-refractivity contribution in [1.29, 1.82) is 0 Å². The second-order valence-corrected chi connectivity index (χ2v) is 7.94. The molecule has 1 aliphatic rings. The first-order chi connectivity index (χ1) is 11.5. The van der Waals surface area contributed by atoms with Gasteiger partial charge in [0.2, 0.25) is 10.1 Å². The maximum atomic E-state index is 12.0. The van der Waals surface area contributed by atoms with Gasteiger partial charge in [0.15, 0.2) is 0 Å². The smallest absolute Gasteiger partial charge is 0.275 e. The van der Waals surface area contributed by atoms with Crippen LogP contribution < -0.4 is 10.9 Å². The molecule has 2 aromatic rings. The lowest BCUT2D eigenvalue weighted by Gasteiger charge is -2.33. The maximum Gasteiger partial charge on any atom is 0.275 e. The molecule has 0 amide bonds. The molecule has 0 radical (unpaired) electrons. The molecule has 1 atom stereocenters. The Morgan fingerprint density at radius 3 is 2.62 bits per heavy atom. The Balaban J connectivity index is 1.72. The second kappa shape index (κ2) is 7.61. The number of likely N-dealkylation sites (tertiary alicyclic amines) is 1. The average molecular weight is 350 g/mol. The Hall–Kier alpha value is -1.47. The average Bonchev–Trinajstić information content (AvgIpc) is 2.75. The van der Waals surface area contributed by atoms with Gasteiger partial charge in [0, 0.05) is 24.3 Å². The molecule has 1 fully saturated rings. The molecular weight excluding hydrogens is 322 g/mol. The van der Waals surface area contributed by atoms with Crippen LogP contribution in [0.3, 0.4) is 0 Å². The van der Waals surface area contributed by atoms with Gasteiger partial charge in [-0.05, 0) is 38.8 Å². The SMILES string of the molecule is Cc1cc(=O)n2nc(NC[C@@H](C(C)C)N3CCCCCC3)sc2n1. The van der Waals surface area contributed by atoms with Gasteiger partial charge in [-0.3, -0.25) is 9.69 Å². The molecule has 0 unspecified atom stereocenters. The van der Waals surface area contributed by atoms with E-state index in [0.717, 1.165) is 17.4 Å². The molecule has 0 spiro atoms. The largest absolute Gasteiger partial charge is 0.358 e. The Kier molecular flexibility index (Phi) is 5.50. The number of aryl methyl sites for hydroxylation is 1. The van der Waals surface area contributed by atoms with Gasteiger partial charge in [-0.2, -0.15) is 4.52 Å². The molecule has 0 aromatic carbocycles. The highest BCUT2D eigenvalue weighted by Crippen LogP contribution is 2.20. The van der Waals surface area contributed by atoms with E-state index in [4.69, 9.17) is 0 Å². The summed E-state index contributed by atoms with van der Waals surface area (Å²) in [5.41, 5.74) is 0.620. The predicted octanol–water partition coefficient (Wildman–Crippen LogP) is 2.77. The lowest BCUT2D eigenvalue weighted by molar-refractivity contribution is 0.169. The van der Waals surface area contributed by atoms with E-state index in [1.54, 1.807) is 0 Å². The summed E-state index contributed by atoms with van der Waals surface area (Å²) in [5.74, 6) is 0.577. The summed E-state index contributed by atoms with van der Waals surface area (Å²) in [7, 11) is 0. The second-order valence-electron chi connectivity index (χ2n) is 6.98. The number of fused-ring (bicyclic) bond motifs is 1. The number of rotatable bonds is 5. The summed E-state index contributed by atoms with van der Waals surface area (Å²) in [4.78, 5) is 19.6. The third-order valence-corrected chi connectivity index (χ3v) is 5.58. The van der Waals surface area contributed by atoms with Crippen molar-refractivity contribution in [3.63, 3.8) is 0 Å². The quantitative estimate of drug-likeness (QED) is 0.899. The first-order valence-corrected chi connectivity index (χ1v) is 9.71. The van der Waals surface area contributed by atoms with Crippen molar-refractivity contribution in [1.82, 2.24) is 19.5 Å². The van der Waals surface area contributed by atoms with Crippen molar-refractivity contribution in [2.24, 2.45) is 5.92 Å². The van der Waals surface area contributed by atoms with Crippen LogP contribution >= 0.6 is 11.3 Å². The third kappa shape index (κ3) is 3.95. The molecule has 132 valence electrons. The highest BCUT2D eigenvalue weighted by atomic mass is 32.1. The zero-order valence-corrected chi connectivity index (χ0v) is 15.6. The topological polar surface area (TPSA) is 62.5 Å². The fourth-order valence-electron chi connectivity index (χ4n) is 3.40. The third-order valence-electron chi connectivity index (χ3n) is 4.71. The minimum atomic E-state index is -0.116. The number of hydrogen-bond donors (Lipinski definition) is 1. The maximum absolute atomic E-state index is 12.0. The van der Waals surface area contributed by atoms with Crippen molar-refractivity contribution in [3.8, 4) is 0 Å². The molecule has 0 saturated carbocycles. The van der Waals surface area contributed by atoms with Gasteiger partial charge in [0.1, 0.15) is 0 Å². The van der Waals surface area contributed by atoms with Crippen LogP contribution in [0.5, 0.6) is 0 Å². The number of nitrogens with one attached hydrogen (secondary N) is 1. The van der Waals surface area contributed by atoms with E-state index in [9.17, 15) is 4.79 Å². The molecular formula is C17H27N5OS. The molecule has 1 aliphatic heterocycles. The molecule has 6 nitrogen and oxygen atoms in total. The van der Waals surface area contributed by atoms with Crippen LogP contribution in [-0.4, -0.2) is 45.2 Å². The van der Waals surface area contributed by atoms with Gasteiger partial charge in [-0.1, -0.05) is 38.0 Å². The lowest BCUT2D eigenvalue weighted by atomic mass is 10.0. The van der Waals surface area contributed by atoms with E-state index in [1.165, 1.54) is 60.7 Å². The zero-order valence-electron chi connectivity index (χ0n) is 14.8. The van der Waals surface area contributed by atoms with E-state index in [1.807, 2.05) is 6.92 Å². The number of aromatic nitrogens is 3. The van der Waals surface area contributed by atoms with Crippen LogP contribution in [0.25, 0.3) is 4.96 Å². The standard InChI is InChI=1S/C17H27N5OS/c1-12(2)14(21-8-6-4-5-7-9-21)11-18-16-20-22-15(23)10-13(3)19-17(22)24-16/h10,12,14H,4-9,11H2,1-3H3,(H,18,20)/t14-/m0/s1. The molecule has 7 heteroatoms. The minimum absolute atomic E-state index is 0.116. The Morgan fingerprint density at radius 1 is 1.25 bits per heavy atom. The predicted molar refractivity (Wildman–Crippen MR) is 99.0 cm³/mol. The van der Waals surface area contributed by atoms with Crippen LogP contribution in [0.1, 0.15) is 45.2 Å². The molecule has 2 aromatic heterocycles. The number of anilines is 1. The molecule has 24 heavy (non-hydrogen) atoms. The van der Waals surface area contributed by atoms with Crippen molar-refractivity contribution in [2.45, 2.75) is 52.5 Å². The highest BCUT2D eigenvalue weighted by molar-refractivity contribution is 7.20. The lowest BCUT2D eigenvalue weighted by Crippen LogP contribution is -2.44. The first-order valence-electron chi connectivity index (χ1n) is 8.90. The monoisotopic (exact) mass is 349 g/mol. The van der Waals surface area contributed by atoms with Gasteiger partial charge in [-0.15, -0.1) is 5.10 Å². The van der Waals surface area contributed by atoms with Crippen molar-refractivity contribution in [3.05, 3.63) is 22.1 Å². The Bertz CT molecular complexity index is 730. The highest BCUT2D eigenvalue weighted by Gasteiger charge is 2.23. The van der Waals surface area contributed by atoms with Gasteiger partial charge in [-0.25, -0.2) is 4.98 Å². The van der Waals surface area contributed by atoms with Crippen LogP contribution in [-0.2, 0) is 0 Å². The van der Waals surface area contributed by atoms with Crippen LogP contribution in [0, 0.1) is 12.8 Å². The van der Waals surface area contributed by atoms with E-state index in [2.05, 4.69) is 34.1 Å². The number of hydrogen-bond acceptors (Lipinski definition) is 6. The van der Waals surface area contributed by atoms with E-state index < -0.39 is 0 Å². The molecule has 0 aliphatic carbocycles. The molecule has 0 bridgehead atoms. The summed E-state index contributed by atoms with van der Waals surface area (Å²) in [6, 6.07) is 2.01. The van der Waals surface area contributed by atoms with E-state index in [0.29, 0.717) is 16.9 Å². The minimum Gasteiger partial charge on any atom is -0.358 e. The molecule has 3 heterocycles. The van der Waals surface area contributed by atoms with E-state index in [-0.39, 0.29) is 5.56 Å². The molecule has 1 N–H and O–H groups in total. The van der Waals surface area contributed by atoms with Gasteiger partial charge in [0.05, 0.1) is 0 Å². The van der Waals surface area contributed by atoms with E-state index >= 15 is 0 Å². The van der Waals surface area contributed by atoms with Gasteiger partial charge >= 0.3 is 0 Å². The fraction of sp³-hybridized carbons (Fsp3) is 0.706. The van der Waals surface area contributed by atoms with Crippen molar-refractivity contribution < 1.29 is 0 Å². The van der Waals surface area contributed by atoms with Crippen LogP contribution in [0.15, 0.2) is 10.9 Å². The van der Waals surface area contributed by atoms with Crippen LogP contribution in [0.4, 0.5) is 5.13 Å². The Labute approximate surface area is 146 Å². The normalized spacial score (nSPS) is 18.0. The van der Waals surface area contributed by atoms with Gasteiger partial charge in [0.25, 0.3) is 5.56 Å². The van der Waals surface area contributed by atoms with Crippen molar-refractivity contribution in [2.75, 3.05) is 25.0 Å². The summed E-state index contributed by atoms with van der Waals surface area (Å²) in [5, 5.41) is 8.59. The van der Waals surface area contributed by atoms with Crippen LogP contribution in [0.2, 0.25) is 0 Å². The zero-order chi connectivity index (χ0) is 17.1. The van der Waals surface area contributed by atoms with Gasteiger partial charge < -0.3 is 5.32 Å². The Morgan fingerprint density at radius 2 is 1.96 bits per heavy atom. The summed E-state index contributed by atoms with van der Waals surface area (Å²) in [6.45, 7) is 9.62. The molecule has 1 saturated heterocycles. The summed E-state index contributed by atoms with van der Waals surface area (Å²) >= 11 is 1.44. The summed E-state index contributed by atoms with van der Waals surface area (Å²) < 4.78 is 1.39. The molecule has 3 rings (SSSR count).